The van der Waals surface area contributed by atoms with Gasteiger partial charge in [0.2, 0.25) is 0 Å². The lowest BCUT2D eigenvalue weighted by Crippen LogP contribution is -1.91. The van der Waals surface area contributed by atoms with Crippen molar-refractivity contribution in [3.8, 4) is 44.5 Å². The highest BCUT2D eigenvalue weighted by atomic mass is 14.2. The predicted molar refractivity (Wildman–Crippen MR) is 321 cm³/mol. The molecule has 0 saturated heterocycles. The first kappa shape index (κ1) is 41.0. The van der Waals surface area contributed by atoms with Crippen molar-refractivity contribution in [1.82, 2.24) is 0 Å². The Morgan fingerprint density at radius 3 is 0.770 bits per heavy atom. The highest BCUT2D eigenvalue weighted by Gasteiger charge is 2.20. The second-order valence-electron chi connectivity index (χ2n) is 20.2. The van der Waals surface area contributed by atoms with Crippen LogP contribution in [0.15, 0.2) is 267 Å². The van der Waals surface area contributed by atoms with E-state index in [2.05, 4.69) is 267 Å². The minimum Gasteiger partial charge on any atom is -0.0616 e. The van der Waals surface area contributed by atoms with E-state index in [1.807, 2.05) is 0 Å². The topological polar surface area (TPSA) is 0 Å². The largest absolute Gasteiger partial charge is 0.0616 e. The lowest BCUT2D eigenvalue weighted by atomic mass is 9.84. The number of fused-ring (bicyclic) bond motifs is 19. The van der Waals surface area contributed by atoms with Gasteiger partial charge < -0.3 is 0 Å². The minimum absolute atomic E-state index is 1.21. The zero-order chi connectivity index (χ0) is 48.4. The van der Waals surface area contributed by atoms with Crippen molar-refractivity contribution in [3.63, 3.8) is 0 Å². The molecule has 16 rings (SSSR count). The third-order valence-corrected chi connectivity index (χ3v) is 16.4. The Bertz CT molecular complexity index is 4750. The Hall–Kier alpha value is -9.62. The van der Waals surface area contributed by atoms with Crippen LogP contribution in [0.5, 0.6) is 0 Å². The normalized spacial score (nSPS) is 12.1. The summed E-state index contributed by atoms with van der Waals surface area (Å²) in [7, 11) is 0. The van der Waals surface area contributed by atoms with Crippen molar-refractivity contribution in [1.29, 1.82) is 0 Å². The molecule has 0 N–H and O–H groups in total. The van der Waals surface area contributed by atoms with Crippen LogP contribution in [0.25, 0.3) is 163 Å². The number of hydrogen-bond donors (Lipinski definition) is 0. The van der Waals surface area contributed by atoms with Gasteiger partial charge >= 0.3 is 0 Å². The van der Waals surface area contributed by atoms with Crippen molar-refractivity contribution < 1.29 is 0 Å². The van der Waals surface area contributed by atoms with Crippen molar-refractivity contribution in [2.75, 3.05) is 0 Å². The van der Waals surface area contributed by atoms with Gasteiger partial charge in [0.05, 0.1) is 0 Å². The fourth-order valence-electron chi connectivity index (χ4n) is 13.1. The molecule has 74 heavy (non-hydrogen) atoms. The fourth-order valence-corrected chi connectivity index (χ4v) is 13.1. The Balaban J connectivity index is 0.931. The van der Waals surface area contributed by atoms with Crippen LogP contribution in [0.3, 0.4) is 0 Å². The highest BCUT2D eigenvalue weighted by molar-refractivity contribution is 6.40. The van der Waals surface area contributed by atoms with Gasteiger partial charge in [0.25, 0.3) is 0 Å². The van der Waals surface area contributed by atoms with Gasteiger partial charge in [-0.05, 0) is 187 Å². The molecule has 0 spiro atoms. The first-order chi connectivity index (χ1) is 36.7. The monoisotopic (exact) mass is 932 g/mol. The highest BCUT2D eigenvalue weighted by Crippen LogP contribution is 2.48. The van der Waals surface area contributed by atoms with Crippen molar-refractivity contribution in [2.24, 2.45) is 0 Å². The third-order valence-electron chi connectivity index (χ3n) is 16.4. The van der Waals surface area contributed by atoms with Crippen LogP contribution in [0, 0.1) is 0 Å². The van der Waals surface area contributed by atoms with E-state index in [1.165, 1.54) is 163 Å². The van der Waals surface area contributed by atoms with Gasteiger partial charge in [-0.15, -0.1) is 0 Å². The lowest BCUT2D eigenvalue weighted by Gasteiger charge is -2.19. The molecule has 0 heterocycles. The van der Waals surface area contributed by atoms with Crippen LogP contribution in [0.1, 0.15) is 0 Å². The van der Waals surface area contributed by atoms with Crippen molar-refractivity contribution >= 4 is 118 Å². The summed E-state index contributed by atoms with van der Waals surface area (Å²) in [5.41, 5.74) is 9.92. The summed E-state index contributed by atoms with van der Waals surface area (Å²) in [6.07, 6.45) is 0. The Morgan fingerprint density at radius 1 is 0.135 bits per heavy atom. The van der Waals surface area contributed by atoms with E-state index in [0.29, 0.717) is 0 Å². The molecule has 0 nitrogen and oxygen atoms in total. The zero-order valence-corrected chi connectivity index (χ0v) is 40.4. The molecular formula is C74H44. The van der Waals surface area contributed by atoms with Crippen LogP contribution >= 0.6 is 0 Å². The summed E-state index contributed by atoms with van der Waals surface area (Å²) in [6.45, 7) is 0. The van der Waals surface area contributed by atoms with Crippen LogP contribution in [0.2, 0.25) is 0 Å². The molecule has 0 radical (unpaired) electrons. The second kappa shape index (κ2) is 15.9. The molecule has 0 unspecified atom stereocenters. The molecule has 16 aromatic rings. The molecule has 16 aromatic carbocycles. The maximum absolute atomic E-state index is 2.49. The van der Waals surface area contributed by atoms with E-state index in [4.69, 9.17) is 0 Å². The zero-order valence-electron chi connectivity index (χ0n) is 40.4. The molecule has 0 aliphatic heterocycles. The van der Waals surface area contributed by atoms with E-state index in [9.17, 15) is 0 Å². The van der Waals surface area contributed by atoms with E-state index < -0.39 is 0 Å². The molecule has 0 atom stereocenters. The maximum Gasteiger partial charge on any atom is -0.00137 e. The Labute approximate surface area is 427 Å². The van der Waals surface area contributed by atoms with Crippen LogP contribution in [-0.4, -0.2) is 0 Å². The molecule has 0 aliphatic rings. The maximum atomic E-state index is 2.49. The average molecular weight is 933 g/mol. The van der Waals surface area contributed by atoms with E-state index in [-0.39, 0.29) is 0 Å². The smallest absolute Gasteiger partial charge is 0.00137 e. The van der Waals surface area contributed by atoms with Crippen LogP contribution in [-0.2, 0) is 0 Å². The van der Waals surface area contributed by atoms with E-state index in [1.54, 1.807) is 0 Å². The minimum atomic E-state index is 1.21. The fraction of sp³-hybridized carbons (Fsp3) is 0. The summed E-state index contributed by atoms with van der Waals surface area (Å²) >= 11 is 0. The van der Waals surface area contributed by atoms with Gasteiger partial charge in [-0.2, -0.15) is 0 Å². The van der Waals surface area contributed by atoms with E-state index in [0.717, 1.165) is 0 Å². The summed E-state index contributed by atoms with van der Waals surface area (Å²) in [5.74, 6) is 0. The van der Waals surface area contributed by atoms with Gasteiger partial charge in [-0.3, -0.25) is 0 Å². The van der Waals surface area contributed by atoms with Crippen molar-refractivity contribution in [2.45, 2.75) is 0 Å². The molecule has 0 saturated carbocycles. The first-order valence-electron chi connectivity index (χ1n) is 25.8. The summed E-state index contributed by atoms with van der Waals surface area (Å²) in [4.78, 5) is 0. The molecule has 0 aromatic heterocycles. The van der Waals surface area contributed by atoms with E-state index >= 15 is 0 Å². The Kier molecular flexibility index (Phi) is 8.84. The van der Waals surface area contributed by atoms with Gasteiger partial charge in [-0.1, -0.05) is 243 Å². The number of benzene rings is 16. The van der Waals surface area contributed by atoms with Crippen molar-refractivity contribution in [3.05, 3.63) is 267 Å². The van der Waals surface area contributed by atoms with Gasteiger partial charge in [0.1, 0.15) is 0 Å². The van der Waals surface area contributed by atoms with Crippen LogP contribution in [0.4, 0.5) is 0 Å². The van der Waals surface area contributed by atoms with Crippen LogP contribution < -0.4 is 0 Å². The Morgan fingerprint density at radius 2 is 0.392 bits per heavy atom. The first-order valence-corrected chi connectivity index (χ1v) is 25.8. The molecule has 0 amide bonds. The SMILES string of the molecule is c1ccc2c(c1)cc(-c1ccc(-c3ccc4c5ccccc5c5c6cc(-c7ccc(-c8cc9ccccc9c9ccccc89)c8ccccc78)ccc6c6ccccc6c5c4c3)c3ccccc13)c1ccccc12. The standard InChI is InChI=1S/C74H44/c1-3-19-49-45(17-1)41-69(61-29-11-7-21-53(49)61)63-39-37-51(55-23-5-9-25-57(55)63)47-33-35-65-59-27-13-16-32-68(59)74-72-44-48(34-36-66(72)60-28-14-15-31-67(60)73(74)71(65)43-47)52-38-40-64(58-26-10-6-24-56(52)58)70-42-46-18-2-4-20-50(46)54-22-8-12-30-62(54)70/h1-44H. The second-order valence-corrected chi connectivity index (χ2v) is 20.2. The summed E-state index contributed by atoms with van der Waals surface area (Å²) in [5, 5.41) is 28.0. The average Bonchev–Trinajstić information content (AvgIpc) is 3.53. The molecule has 0 heteroatoms. The number of hydrogen-bond acceptors (Lipinski definition) is 0. The quantitative estimate of drug-likeness (QED) is 0.154. The summed E-state index contributed by atoms with van der Waals surface area (Å²) < 4.78 is 0. The summed E-state index contributed by atoms with van der Waals surface area (Å²) in [6, 6.07) is 100. The van der Waals surface area contributed by atoms with Gasteiger partial charge in [0, 0.05) is 0 Å². The van der Waals surface area contributed by atoms with Gasteiger partial charge in [-0.25, -0.2) is 0 Å². The molecule has 0 fully saturated rings. The molecule has 340 valence electrons. The third kappa shape index (κ3) is 5.97. The van der Waals surface area contributed by atoms with Gasteiger partial charge in [0.15, 0.2) is 0 Å². The number of rotatable bonds is 4. The lowest BCUT2D eigenvalue weighted by molar-refractivity contribution is 1.67. The predicted octanol–water partition coefficient (Wildman–Crippen LogP) is 21.0. The molecule has 0 aliphatic carbocycles. The molecular weight excluding hydrogens is 889 g/mol. The molecule has 0 bridgehead atoms.